The molecular weight excluding hydrogens is 342 g/mol. The predicted octanol–water partition coefficient (Wildman–Crippen LogP) is 2.01. The normalized spacial score (nSPS) is 15.8. The lowest BCUT2D eigenvalue weighted by molar-refractivity contribution is 0.169. The SMILES string of the molecule is CN=C(NCCCc1ccc(OC)cc1)N1CCN(Cc2ccon2)CC1. The molecule has 0 aliphatic carbocycles. The molecule has 1 aromatic carbocycles. The summed E-state index contributed by atoms with van der Waals surface area (Å²) in [5, 5.41) is 7.49. The molecule has 3 rings (SSSR count). The minimum absolute atomic E-state index is 0.845. The van der Waals surface area contributed by atoms with Gasteiger partial charge in [0.25, 0.3) is 0 Å². The van der Waals surface area contributed by atoms with Crippen molar-refractivity contribution in [3.8, 4) is 5.75 Å². The second kappa shape index (κ2) is 9.97. The molecule has 1 N–H and O–H groups in total. The van der Waals surface area contributed by atoms with Crippen molar-refractivity contribution >= 4 is 5.96 Å². The first-order valence-corrected chi connectivity index (χ1v) is 9.48. The number of nitrogens with one attached hydrogen (secondary N) is 1. The van der Waals surface area contributed by atoms with E-state index in [9.17, 15) is 0 Å². The molecule has 1 fully saturated rings. The van der Waals surface area contributed by atoms with Crippen LogP contribution >= 0.6 is 0 Å². The Labute approximate surface area is 161 Å². The minimum Gasteiger partial charge on any atom is -0.497 e. The molecule has 27 heavy (non-hydrogen) atoms. The van der Waals surface area contributed by atoms with Crippen molar-refractivity contribution in [1.29, 1.82) is 0 Å². The van der Waals surface area contributed by atoms with Crippen molar-refractivity contribution in [3.63, 3.8) is 0 Å². The first kappa shape index (κ1) is 19.2. The number of nitrogens with zero attached hydrogens (tertiary/aromatic N) is 4. The first-order chi connectivity index (χ1) is 13.3. The van der Waals surface area contributed by atoms with Crippen LogP contribution in [0, 0.1) is 0 Å². The molecular formula is C20H29N5O2. The average molecular weight is 371 g/mol. The molecule has 7 nitrogen and oxygen atoms in total. The smallest absolute Gasteiger partial charge is 0.193 e. The van der Waals surface area contributed by atoms with Gasteiger partial charge in [0.15, 0.2) is 5.96 Å². The van der Waals surface area contributed by atoms with Crippen molar-refractivity contribution < 1.29 is 9.26 Å². The van der Waals surface area contributed by atoms with E-state index in [1.54, 1.807) is 13.4 Å². The molecule has 7 heteroatoms. The minimum atomic E-state index is 0.845. The maximum Gasteiger partial charge on any atom is 0.193 e. The summed E-state index contributed by atoms with van der Waals surface area (Å²) in [6, 6.07) is 10.2. The summed E-state index contributed by atoms with van der Waals surface area (Å²) >= 11 is 0. The monoisotopic (exact) mass is 371 g/mol. The highest BCUT2D eigenvalue weighted by Gasteiger charge is 2.20. The molecule has 1 aliphatic heterocycles. The quantitative estimate of drug-likeness (QED) is 0.456. The summed E-state index contributed by atoms with van der Waals surface area (Å²) in [6.45, 7) is 5.70. The number of hydrogen-bond donors (Lipinski definition) is 1. The Hall–Kier alpha value is -2.54. The number of benzene rings is 1. The standard InChI is InChI=1S/C20H29N5O2/c1-21-20(22-10-3-4-17-5-7-19(26-2)8-6-17)25-13-11-24(12-14-25)16-18-9-15-27-23-18/h5-9,15H,3-4,10-14,16H2,1-2H3,(H,21,22). The lowest BCUT2D eigenvalue weighted by atomic mass is 10.1. The molecule has 0 radical (unpaired) electrons. The zero-order valence-corrected chi connectivity index (χ0v) is 16.2. The van der Waals surface area contributed by atoms with Crippen molar-refractivity contribution in [1.82, 2.24) is 20.3 Å². The van der Waals surface area contributed by atoms with Crippen LogP contribution in [0.4, 0.5) is 0 Å². The van der Waals surface area contributed by atoms with Gasteiger partial charge in [0.2, 0.25) is 0 Å². The molecule has 146 valence electrons. The molecule has 0 spiro atoms. The van der Waals surface area contributed by atoms with Gasteiger partial charge in [-0.2, -0.15) is 0 Å². The highest BCUT2D eigenvalue weighted by molar-refractivity contribution is 5.79. The van der Waals surface area contributed by atoms with Crippen LogP contribution in [0.15, 0.2) is 46.1 Å². The van der Waals surface area contributed by atoms with Crippen LogP contribution in [0.3, 0.4) is 0 Å². The molecule has 0 amide bonds. The number of methoxy groups -OCH3 is 1. The number of aromatic nitrogens is 1. The fraction of sp³-hybridized carbons (Fsp3) is 0.500. The second-order valence-corrected chi connectivity index (χ2v) is 6.68. The van der Waals surface area contributed by atoms with E-state index in [2.05, 4.69) is 37.4 Å². The number of piperazine rings is 1. The average Bonchev–Trinajstić information content (AvgIpc) is 3.22. The molecule has 0 bridgehead atoms. The summed E-state index contributed by atoms with van der Waals surface area (Å²) in [4.78, 5) is 9.17. The van der Waals surface area contributed by atoms with Crippen molar-refractivity contribution in [2.45, 2.75) is 19.4 Å². The largest absolute Gasteiger partial charge is 0.497 e. The van der Waals surface area contributed by atoms with Crippen LogP contribution in [0.2, 0.25) is 0 Å². The Morgan fingerprint density at radius 2 is 1.96 bits per heavy atom. The van der Waals surface area contributed by atoms with Gasteiger partial charge < -0.3 is 19.5 Å². The molecule has 1 aromatic heterocycles. The highest BCUT2D eigenvalue weighted by atomic mass is 16.5. The third-order valence-electron chi connectivity index (χ3n) is 4.84. The van der Waals surface area contributed by atoms with Crippen LogP contribution in [0.5, 0.6) is 5.75 Å². The van der Waals surface area contributed by atoms with Gasteiger partial charge in [-0.1, -0.05) is 17.3 Å². The number of hydrogen-bond acceptors (Lipinski definition) is 5. The van der Waals surface area contributed by atoms with Crippen molar-refractivity contribution in [3.05, 3.63) is 47.9 Å². The van der Waals surface area contributed by atoms with Crippen LogP contribution in [0.25, 0.3) is 0 Å². The molecule has 1 saturated heterocycles. The maximum absolute atomic E-state index is 5.20. The van der Waals surface area contributed by atoms with Gasteiger partial charge in [-0.3, -0.25) is 9.89 Å². The Bertz CT molecular complexity index is 692. The summed E-state index contributed by atoms with van der Waals surface area (Å²) < 4.78 is 10.1. The van der Waals surface area contributed by atoms with Crippen LogP contribution in [0.1, 0.15) is 17.7 Å². The van der Waals surface area contributed by atoms with Crippen molar-refractivity contribution in [2.24, 2.45) is 4.99 Å². The number of aliphatic imine (C=N–C) groups is 1. The lowest BCUT2D eigenvalue weighted by Crippen LogP contribution is -2.52. The fourth-order valence-corrected chi connectivity index (χ4v) is 3.28. The van der Waals surface area contributed by atoms with Crippen LogP contribution in [-0.4, -0.2) is 67.8 Å². The van der Waals surface area contributed by atoms with Gasteiger partial charge in [0, 0.05) is 52.4 Å². The molecule has 0 saturated carbocycles. The molecule has 0 atom stereocenters. The van der Waals surface area contributed by atoms with Gasteiger partial charge in [0.1, 0.15) is 12.0 Å². The number of aryl methyl sites for hydroxylation is 1. The zero-order chi connectivity index (χ0) is 18.9. The highest BCUT2D eigenvalue weighted by Crippen LogP contribution is 2.12. The third-order valence-corrected chi connectivity index (χ3v) is 4.84. The molecule has 2 heterocycles. The van der Waals surface area contributed by atoms with Gasteiger partial charge in [-0.15, -0.1) is 0 Å². The Balaban J connectivity index is 1.36. The summed E-state index contributed by atoms with van der Waals surface area (Å²) in [7, 11) is 3.55. The lowest BCUT2D eigenvalue weighted by Gasteiger charge is -2.36. The number of ether oxygens (including phenoxy) is 1. The Morgan fingerprint density at radius 1 is 1.19 bits per heavy atom. The van der Waals surface area contributed by atoms with Gasteiger partial charge in [-0.05, 0) is 30.5 Å². The van der Waals surface area contributed by atoms with E-state index in [0.29, 0.717) is 0 Å². The molecule has 1 aliphatic rings. The summed E-state index contributed by atoms with van der Waals surface area (Å²) in [5.74, 6) is 1.89. The number of guanidine groups is 1. The summed E-state index contributed by atoms with van der Waals surface area (Å²) in [5.41, 5.74) is 2.32. The van der Waals surface area contributed by atoms with E-state index < -0.39 is 0 Å². The van der Waals surface area contributed by atoms with E-state index in [4.69, 9.17) is 9.26 Å². The van der Waals surface area contributed by atoms with E-state index in [1.165, 1.54) is 5.56 Å². The Morgan fingerprint density at radius 3 is 2.59 bits per heavy atom. The van der Waals surface area contributed by atoms with Gasteiger partial charge in [0.05, 0.1) is 12.8 Å². The topological polar surface area (TPSA) is 66.1 Å². The predicted molar refractivity (Wildman–Crippen MR) is 106 cm³/mol. The van der Waals surface area contributed by atoms with Gasteiger partial charge >= 0.3 is 0 Å². The first-order valence-electron chi connectivity index (χ1n) is 9.48. The zero-order valence-electron chi connectivity index (χ0n) is 16.2. The van der Waals surface area contributed by atoms with E-state index in [0.717, 1.165) is 69.5 Å². The van der Waals surface area contributed by atoms with Crippen LogP contribution < -0.4 is 10.1 Å². The van der Waals surface area contributed by atoms with Gasteiger partial charge in [-0.25, -0.2) is 0 Å². The van der Waals surface area contributed by atoms with Crippen LogP contribution in [-0.2, 0) is 13.0 Å². The summed E-state index contributed by atoms with van der Waals surface area (Å²) in [6.07, 6.45) is 3.74. The van der Waals surface area contributed by atoms with E-state index >= 15 is 0 Å². The number of rotatable bonds is 7. The molecule has 2 aromatic rings. The van der Waals surface area contributed by atoms with E-state index in [-0.39, 0.29) is 0 Å². The Kier molecular flexibility index (Phi) is 7.10. The third kappa shape index (κ3) is 5.72. The maximum atomic E-state index is 5.20. The molecule has 0 unspecified atom stereocenters. The second-order valence-electron chi connectivity index (χ2n) is 6.68. The van der Waals surface area contributed by atoms with E-state index in [1.807, 2.05) is 25.2 Å². The van der Waals surface area contributed by atoms with Crippen molar-refractivity contribution in [2.75, 3.05) is 46.9 Å². The fourth-order valence-electron chi connectivity index (χ4n) is 3.28.